The molecule has 0 spiro atoms. The maximum absolute atomic E-state index is 11.1. The fourth-order valence-corrected chi connectivity index (χ4v) is 1.83. The van der Waals surface area contributed by atoms with E-state index in [1.165, 1.54) is 0 Å². The second-order valence-electron chi connectivity index (χ2n) is 2.93. The first-order valence-electron chi connectivity index (χ1n) is 4.12. The van der Waals surface area contributed by atoms with Crippen LogP contribution in [0.3, 0.4) is 0 Å². The molecule has 1 aliphatic rings. The van der Waals surface area contributed by atoms with Gasteiger partial charge in [0.15, 0.2) is 0 Å². The molecule has 0 aliphatic carbocycles. The van der Waals surface area contributed by atoms with Crippen molar-refractivity contribution in [1.82, 2.24) is 0 Å². The fraction of sp³-hybridized carbons (Fsp3) is 0.222. The van der Waals surface area contributed by atoms with E-state index in [9.17, 15) is 4.79 Å². The van der Waals surface area contributed by atoms with Gasteiger partial charge in [-0.1, -0.05) is 0 Å². The average molecular weight is 257 g/mol. The molecule has 0 radical (unpaired) electrons. The van der Waals surface area contributed by atoms with Crippen molar-refractivity contribution in [1.29, 1.82) is 0 Å². The second kappa shape index (κ2) is 3.49. The van der Waals surface area contributed by atoms with E-state index in [2.05, 4.69) is 26.6 Å². The van der Waals surface area contributed by atoms with E-state index in [4.69, 9.17) is 4.74 Å². The number of carbonyl (C=O) groups excluding carboxylic acids is 1. The molecule has 0 unspecified atom stereocenters. The number of halogens is 1. The topological polar surface area (TPSA) is 50.4 Å². The number of fused-ring (bicyclic) bond motifs is 1. The molecule has 1 amide bonds. The minimum atomic E-state index is -0.0399. The lowest BCUT2D eigenvalue weighted by Crippen LogP contribution is -2.27. The molecular formula is C9H9BrN2O2. The third kappa shape index (κ3) is 1.55. The largest absolute Gasteiger partial charge is 0.495 e. The van der Waals surface area contributed by atoms with Crippen molar-refractivity contribution in [2.45, 2.75) is 0 Å². The van der Waals surface area contributed by atoms with E-state index in [0.717, 1.165) is 15.8 Å². The quantitative estimate of drug-likeness (QED) is 0.806. The number of methoxy groups -OCH3 is 1. The smallest absolute Gasteiger partial charge is 0.243 e. The van der Waals surface area contributed by atoms with Gasteiger partial charge >= 0.3 is 0 Å². The van der Waals surface area contributed by atoms with Crippen molar-refractivity contribution in [3.63, 3.8) is 0 Å². The Morgan fingerprint density at radius 2 is 2.21 bits per heavy atom. The van der Waals surface area contributed by atoms with Gasteiger partial charge in [-0.25, -0.2) is 0 Å². The minimum Gasteiger partial charge on any atom is -0.495 e. The van der Waals surface area contributed by atoms with Crippen LogP contribution in [0.1, 0.15) is 0 Å². The van der Waals surface area contributed by atoms with Crippen LogP contribution in [0.15, 0.2) is 16.6 Å². The Labute approximate surface area is 89.8 Å². The predicted octanol–water partition coefficient (Wildman–Crippen LogP) is 1.82. The van der Waals surface area contributed by atoms with Crippen LogP contribution in [-0.4, -0.2) is 19.6 Å². The van der Waals surface area contributed by atoms with E-state index in [1.807, 2.05) is 6.07 Å². The Bertz CT molecular complexity index is 393. The highest BCUT2D eigenvalue weighted by atomic mass is 79.9. The first-order chi connectivity index (χ1) is 6.70. The van der Waals surface area contributed by atoms with Crippen LogP contribution in [0, 0.1) is 0 Å². The van der Waals surface area contributed by atoms with E-state index in [1.54, 1.807) is 13.2 Å². The fourth-order valence-electron chi connectivity index (χ4n) is 1.33. The third-order valence-electron chi connectivity index (χ3n) is 2.01. The van der Waals surface area contributed by atoms with Crippen LogP contribution in [-0.2, 0) is 4.79 Å². The number of carbonyl (C=O) groups is 1. The Balaban J connectivity index is 2.46. The van der Waals surface area contributed by atoms with Gasteiger partial charge in [0, 0.05) is 6.07 Å². The van der Waals surface area contributed by atoms with Gasteiger partial charge in [0.2, 0.25) is 5.91 Å². The average Bonchev–Trinajstić information content (AvgIpc) is 2.17. The number of amides is 1. The number of hydrogen-bond donors (Lipinski definition) is 2. The van der Waals surface area contributed by atoms with Crippen molar-refractivity contribution in [3.8, 4) is 5.75 Å². The minimum absolute atomic E-state index is 0.0399. The van der Waals surface area contributed by atoms with E-state index in [-0.39, 0.29) is 5.91 Å². The van der Waals surface area contributed by atoms with Gasteiger partial charge < -0.3 is 15.4 Å². The lowest BCUT2D eigenvalue weighted by molar-refractivity contribution is -0.114. The molecule has 0 saturated heterocycles. The van der Waals surface area contributed by atoms with Crippen LogP contribution >= 0.6 is 15.9 Å². The standard InChI is InChI=1S/C9H9BrN2O2/c1-14-8-3-7-6(2-5(8)10)11-4-9(13)12-7/h2-3,11H,4H2,1H3,(H,12,13). The zero-order chi connectivity index (χ0) is 10.1. The maximum atomic E-state index is 11.1. The maximum Gasteiger partial charge on any atom is 0.243 e. The first kappa shape index (κ1) is 9.33. The third-order valence-corrected chi connectivity index (χ3v) is 2.63. The van der Waals surface area contributed by atoms with Crippen molar-refractivity contribution in [3.05, 3.63) is 16.6 Å². The summed E-state index contributed by atoms with van der Waals surface area (Å²) in [6.45, 7) is 0.311. The van der Waals surface area contributed by atoms with Crippen molar-refractivity contribution < 1.29 is 9.53 Å². The van der Waals surface area contributed by atoms with Gasteiger partial charge in [-0.05, 0) is 22.0 Å². The van der Waals surface area contributed by atoms with Gasteiger partial charge in [-0.15, -0.1) is 0 Å². The molecule has 0 atom stereocenters. The summed E-state index contributed by atoms with van der Waals surface area (Å²) in [6.07, 6.45) is 0. The molecule has 14 heavy (non-hydrogen) atoms. The van der Waals surface area contributed by atoms with Crippen molar-refractivity contribution >= 4 is 33.2 Å². The summed E-state index contributed by atoms with van der Waals surface area (Å²) in [5.74, 6) is 0.662. The Kier molecular flexibility index (Phi) is 2.33. The molecule has 5 heteroatoms. The number of anilines is 2. The summed E-state index contributed by atoms with van der Waals surface area (Å²) in [5.41, 5.74) is 1.65. The highest BCUT2D eigenvalue weighted by Crippen LogP contribution is 2.35. The summed E-state index contributed by atoms with van der Waals surface area (Å²) in [5, 5.41) is 5.77. The molecule has 74 valence electrons. The van der Waals surface area contributed by atoms with Crippen LogP contribution in [0.5, 0.6) is 5.75 Å². The zero-order valence-corrected chi connectivity index (χ0v) is 9.14. The summed E-state index contributed by atoms with van der Waals surface area (Å²) < 4.78 is 5.98. The normalized spacial score (nSPS) is 14.0. The highest BCUT2D eigenvalue weighted by Gasteiger charge is 2.16. The summed E-state index contributed by atoms with van der Waals surface area (Å²) in [7, 11) is 1.59. The van der Waals surface area contributed by atoms with Gasteiger partial charge in [-0.3, -0.25) is 4.79 Å². The molecule has 2 rings (SSSR count). The molecule has 0 bridgehead atoms. The molecular weight excluding hydrogens is 248 g/mol. The van der Waals surface area contributed by atoms with Crippen molar-refractivity contribution in [2.75, 3.05) is 24.3 Å². The van der Waals surface area contributed by atoms with Crippen LogP contribution in [0.4, 0.5) is 11.4 Å². The number of ether oxygens (including phenoxy) is 1. The SMILES string of the molecule is COc1cc2c(cc1Br)NCC(=O)N2. The van der Waals surface area contributed by atoms with Gasteiger partial charge in [-0.2, -0.15) is 0 Å². The van der Waals surface area contributed by atoms with E-state index in [0.29, 0.717) is 12.3 Å². The molecule has 1 aromatic carbocycles. The molecule has 0 fully saturated rings. The summed E-state index contributed by atoms with van der Waals surface area (Å²) >= 11 is 3.37. The Hall–Kier alpha value is -1.23. The van der Waals surface area contributed by atoms with Gasteiger partial charge in [0.25, 0.3) is 0 Å². The number of benzene rings is 1. The Morgan fingerprint density at radius 1 is 1.43 bits per heavy atom. The Morgan fingerprint density at radius 3 is 2.93 bits per heavy atom. The van der Waals surface area contributed by atoms with Gasteiger partial charge in [0.05, 0.1) is 29.5 Å². The summed E-state index contributed by atoms with van der Waals surface area (Å²) in [4.78, 5) is 11.1. The number of hydrogen-bond acceptors (Lipinski definition) is 3. The predicted molar refractivity (Wildman–Crippen MR) is 57.8 cm³/mol. The molecule has 0 aromatic heterocycles. The molecule has 2 N–H and O–H groups in total. The van der Waals surface area contributed by atoms with Gasteiger partial charge in [0.1, 0.15) is 5.75 Å². The molecule has 1 heterocycles. The number of nitrogens with one attached hydrogen (secondary N) is 2. The van der Waals surface area contributed by atoms with E-state index >= 15 is 0 Å². The molecule has 1 aromatic rings. The monoisotopic (exact) mass is 256 g/mol. The van der Waals surface area contributed by atoms with Crippen LogP contribution < -0.4 is 15.4 Å². The van der Waals surface area contributed by atoms with Crippen LogP contribution in [0.25, 0.3) is 0 Å². The van der Waals surface area contributed by atoms with Crippen molar-refractivity contribution in [2.24, 2.45) is 0 Å². The first-order valence-corrected chi connectivity index (χ1v) is 4.91. The van der Waals surface area contributed by atoms with Crippen LogP contribution in [0.2, 0.25) is 0 Å². The molecule has 4 nitrogen and oxygen atoms in total. The highest BCUT2D eigenvalue weighted by molar-refractivity contribution is 9.10. The second-order valence-corrected chi connectivity index (χ2v) is 3.79. The number of rotatable bonds is 1. The molecule has 0 saturated carbocycles. The lowest BCUT2D eigenvalue weighted by Gasteiger charge is -2.19. The van der Waals surface area contributed by atoms with E-state index < -0.39 is 0 Å². The lowest BCUT2D eigenvalue weighted by atomic mass is 10.2. The zero-order valence-electron chi connectivity index (χ0n) is 7.56. The summed E-state index contributed by atoms with van der Waals surface area (Å²) in [6, 6.07) is 3.66. The molecule has 1 aliphatic heterocycles.